The van der Waals surface area contributed by atoms with Crippen molar-refractivity contribution in [3.63, 3.8) is 0 Å². The second-order valence-corrected chi connectivity index (χ2v) is 16.0. The highest BCUT2D eigenvalue weighted by Gasteiger charge is 2.19. The van der Waals surface area contributed by atoms with E-state index in [0.29, 0.717) is 19.3 Å². The van der Waals surface area contributed by atoms with Gasteiger partial charge in [0.05, 0.1) is 0 Å². The normalized spacial score (nSPS) is 12.4. The van der Waals surface area contributed by atoms with E-state index in [1.807, 2.05) is 0 Å². The summed E-state index contributed by atoms with van der Waals surface area (Å²) in [4.78, 5) is 37.6. The summed E-state index contributed by atoms with van der Waals surface area (Å²) in [6.07, 6.45) is 54.0. The van der Waals surface area contributed by atoms with Crippen molar-refractivity contribution < 1.29 is 28.6 Å². The zero-order valence-electron chi connectivity index (χ0n) is 37.6. The van der Waals surface area contributed by atoms with Gasteiger partial charge >= 0.3 is 17.9 Å². The van der Waals surface area contributed by atoms with E-state index >= 15 is 0 Å². The molecule has 57 heavy (non-hydrogen) atoms. The van der Waals surface area contributed by atoms with Crippen molar-refractivity contribution in [3.8, 4) is 0 Å². The second-order valence-electron chi connectivity index (χ2n) is 16.0. The minimum Gasteiger partial charge on any atom is -0.462 e. The molecule has 0 heterocycles. The van der Waals surface area contributed by atoms with Crippen molar-refractivity contribution in [2.75, 3.05) is 13.2 Å². The van der Waals surface area contributed by atoms with Crippen molar-refractivity contribution in [1.82, 2.24) is 0 Å². The number of allylic oxidation sites excluding steroid dienone is 8. The zero-order valence-corrected chi connectivity index (χ0v) is 37.6. The summed E-state index contributed by atoms with van der Waals surface area (Å²) in [6, 6.07) is 0. The highest BCUT2D eigenvalue weighted by molar-refractivity contribution is 5.71. The minimum atomic E-state index is -0.768. The third kappa shape index (κ3) is 44.3. The maximum absolute atomic E-state index is 12.7. The Bertz CT molecular complexity index is 1010. The van der Waals surface area contributed by atoms with Crippen molar-refractivity contribution >= 4 is 17.9 Å². The first-order chi connectivity index (χ1) is 28.0. The van der Waals surface area contributed by atoms with Crippen LogP contribution < -0.4 is 0 Å². The largest absolute Gasteiger partial charge is 0.462 e. The summed E-state index contributed by atoms with van der Waals surface area (Å²) < 4.78 is 16.7. The Morgan fingerprint density at radius 1 is 0.368 bits per heavy atom. The Balaban J connectivity index is 4.19. The van der Waals surface area contributed by atoms with Crippen LogP contribution in [0, 0.1) is 0 Å². The summed E-state index contributed by atoms with van der Waals surface area (Å²) in [5, 5.41) is 0. The van der Waals surface area contributed by atoms with Gasteiger partial charge in [-0.2, -0.15) is 0 Å². The van der Waals surface area contributed by atoms with Gasteiger partial charge in [0, 0.05) is 19.3 Å². The molecule has 0 aliphatic rings. The van der Waals surface area contributed by atoms with E-state index in [-0.39, 0.29) is 31.1 Å². The molecule has 0 fully saturated rings. The summed E-state index contributed by atoms with van der Waals surface area (Å²) >= 11 is 0. The highest BCUT2D eigenvalue weighted by Crippen LogP contribution is 2.15. The van der Waals surface area contributed by atoms with Crippen LogP contribution in [0.3, 0.4) is 0 Å². The molecule has 1 atom stereocenters. The number of hydrogen-bond donors (Lipinski definition) is 0. The Labute approximate surface area is 352 Å². The summed E-state index contributed by atoms with van der Waals surface area (Å²) in [7, 11) is 0. The molecule has 0 aromatic carbocycles. The van der Waals surface area contributed by atoms with Crippen molar-refractivity contribution in [1.29, 1.82) is 0 Å². The van der Waals surface area contributed by atoms with Crippen LogP contribution in [0.25, 0.3) is 0 Å². The predicted octanol–water partition coefficient (Wildman–Crippen LogP) is 15.5. The molecule has 330 valence electrons. The first kappa shape index (κ1) is 54.4. The number of unbranched alkanes of at least 4 members (excludes halogenated alkanes) is 24. The fraction of sp³-hybridized carbons (Fsp3) is 0.784. The zero-order chi connectivity index (χ0) is 41.5. The maximum atomic E-state index is 12.7. The van der Waals surface area contributed by atoms with Gasteiger partial charge in [-0.15, -0.1) is 0 Å². The van der Waals surface area contributed by atoms with Crippen LogP contribution in [0.2, 0.25) is 0 Å². The average molecular weight is 799 g/mol. The van der Waals surface area contributed by atoms with Gasteiger partial charge in [-0.25, -0.2) is 0 Å². The van der Waals surface area contributed by atoms with Crippen LogP contribution in [0.1, 0.15) is 239 Å². The van der Waals surface area contributed by atoms with Gasteiger partial charge in [0.2, 0.25) is 0 Å². The Morgan fingerprint density at radius 3 is 1.07 bits per heavy atom. The van der Waals surface area contributed by atoms with Gasteiger partial charge in [0.25, 0.3) is 0 Å². The molecule has 0 aromatic heterocycles. The van der Waals surface area contributed by atoms with Gasteiger partial charge in [0.15, 0.2) is 6.10 Å². The third-order valence-corrected chi connectivity index (χ3v) is 10.3. The Hall–Kier alpha value is -2.63. The molecule has 0 spiro atoms. The van der Waals surface area contributed by atoms with Crippen LogP contribution in [0.5, 0.6) is 0 Å². The molecule has 0 saturated heterocycles. The number of carbonyl (C=O) groups is 3. The van der Waals surface area contributed by atoms with Crippen LogP contribution in [-0.2, 0) is 28.6 Å². The average Bonchev–Trinajstić information content (AvgIpc) is 3.21. The molecule has 0 bridgehead atoms. The van der Waals surface area contributed by atoms with Crippen molar-refractivity contribution in [2.45, 2.75) is 245 Å². The van der Waals surface area contributed by atoms with Gasteiger partial charge in [-0.1, -0.05) is 211 Å². The molecule has 6 nitrogen and oxygen atoms in total. The smallest absolute Gasteiger partial charge is 0.306 e. The van der Waals surface area contributed by atoms with Gasteiger partial charge < -0.3 is 14.2 Å². The number of ether oxygens (including phenoxy) is 3. The Kier molecular flexibility index (Phi) is 43.9. The lowest BCUT2D eigenvalue weighted by Gasteiger charge is -2.18. The van der Waals surface area contributed by atoms with Crippen LogP contribution in [0.15, 0.2) is 48.6 Å². The van der Waals surface area contributed by atoms with Crippen LogP contribution >= 0.6 is 0 Å². The highest BCUT2D eigenvalue weighted by atomic mass is 16.6. The predicted molar refractivity (Wildman–Crippen MR) is 242 cm³/mol. The Morgan fingerprint density at radius 2 is 0.684 bits per heavy atom. The topological polar surface area (TPSA) is 78.9 Å². The number of carbonyl (C=O) groups excluding carboxylic acids is 3. The molecular weight excluding hydrogens is 709 g/mol. The van der Waals surface area contributed by atoms with E-state index in [1.165, 1.54) is 109 Å². The molecule has 0 radical (unpaired) electrons. The van der Waals surface area contributed by atoms with E-state index < -0.39 is 6.10 Å². The number of esters is 3. The summed E-state index contributed by atoms with van der Waals surface area (Å²) in [5.41, 5.74) is 0. The fourth-order valence-electron chi connectivity index (χ4n) is 6.73. The lowest BCUT2D eigenvalue weighted by molar-refractivity contribution is -0.167. The first-order valence-electron chi connectivity index (χ1n) is 24.1. The molecule has 0 rings (SSSR count). The molecule has 0 aliphatic heterocycles. The number of rotatable bonds is 43. The third-order valence-electron chi connectivity index (χ3n) is 10.3. The van der Waals surface area contributed by atoms with Crippen LogP contribution in [0.4, 0.5) is 0 Å². The molecule has 6 heteroatoms. The quantitative estimate of drug-likeness (QED) is 0.0265. The van der Waals surface area contributed by atoms with Gasteiger partial charge in [-0.3, -0.25) is 14.4 Å². The summed E-state index contributed by atoms with van der Waals surface area (Å²) in [6.45, 7) is 6.46. The molecule has 0 amide bonds. The minimum absolute atomic E-state index is 0.0738. The van der Waals surface area contributed by atoms with Crippen LogP contribution in [-0.4, -0.2) is 37.2 Å². The van der Waals surface area contributed by atoms with E-state index in [4.69, 9.17) is 14.2 Å². The lowest BCUT2D eigenvalue weighted by atomic mass is 10.0. The van der Waals surface area contributed by atoms with E-state index in [0.717, 1.165) is 89.9 Å². The first-order valence-corrected chi connectivity index (χ1v) is 24.1. The molecule has 0 aromatic rings. The molecule has 0 aliphatic carbocycles. The van der Waals surface area contributed by atoms with Crippen molar-refractivity contribution in [3.05, 3.63) is 48.6 Å². The maximum Gasteiger partial charge on any atom is 0.306 e. The lowest BCUT2D eigenvalue weighted by Crippen LogP contribution is -2.30. The molecule has 0 N–H and O–H groups in total. The summed E-state index contributed by atoms with van der Waals surface area (Å²) in [5.74, 6) is -0.888. The SMILES string of the molecule is CC/C=C\C/C=C\C/C=C\C/C=C\CCCCCCCCCCC(=O)OCC(COC(=O)CCCCCCCC)OC(=O)CCCCCCCCCCCCCC. The van der Waals surface area contributed by atoms with Gasteiger partial charge in [-0.05, 0) is 57.8 Å². The monoisotopic (exact) mass is 799 g/mol. The van der Waals surface area contributed by atoms with E-state index in [2.05, 4.69) is 69.4 Å². The molecule has 0 saturated carbocycles. The van der Waals surface area contributed by atoms with Crippen molar-refractivity contribution in [2.24, 2.45) is 0 Å². The van der Waals surface area contributed by atoms with E-state index in [1.54, 1.807) is 0 Å². The molecule has 1 unspecified atom stereocenters. The van der Waals surface area contributed by atoms with Gasteiger partial charge in [0.1, 0.15) is 13.2 Å². The fourth-order valence-corrected chi connectivity index (χ4v) is 6.73. The van der Waals surface area contributed by atoms with E-state index in [9.17, 15) is 14.4 Å². The molecular formula is C51H90O6. The standard InChI is InChI=1S/C51H90O6/c1-4-7-10-13-16-18-20-22-23-24-25-26-27-28-29-30-32-33-35-38-41-44-50(53)56-47-48(46-55-49(52)43-40-37-15-12-9-6-3)57-51(54)45-42-39-36-34-31-21-19-17-14-11-8-5-2/h7,10,16,18,22-23,25-26,48H,4-6,8-9,11-15,17,19-21,24,27-47H2,1-3H3/b10-7-,18-16-,23-22-,26-25-. The second kappa shape index (κ2) is 46.1. The number of hydrogen-bond acceptors (Lipinski definition) is 6.